The molecule has 0 aliphatic carbocycles. The number of amides is 1. The van der Waals surface area contributed by atoms with Crippen molar-refractivity contribution in [2.24, 2.45) is 0 Å². The maximum Gasteiger partial charge on any atom is 0.255 e. The SMILES string of the molecule is C#CCN(CC)C(=O)c1cscc1C. The average Bonchev–Trinajstić information content (AvgIpc) is 2.59. The maximum atomic E-state index is 11.9. The van der Waals surface area contributed by atoms with Gasteiger partial charge in [-0.05, 0) is 24.8 Å². The summed E-state index contributed by atoms with van der Waals surface area (Å²) in [6.07, 6.45) is 5.19. The first-order valence-electron chi connectivity index (χ1n) is 4.46. The van der Waals surface area contributed by atoms with E-state index in [-0.39, 0.29) is 5.91 Å². The van der Waals surface area contributed by atoms with E-state index in [9.17, 15) is 4.79 Å². The lowest BCUT2D eigenvalue weighted by Crippen LogP contribution is -2.31. The Morgan fingerprint density at radius 2 is 2.36 bits per heavy atom. The monoisotopic (exact) mass is 207 g/mol. The first-order valence-corrected chi connectivity index (χ1v) is 5.40. The Kier molecular flexibility index (Phi) is 3.73. The van der Waals surface area contributed by atoms with Crippen LogP contribution in [-0.2, 0) is 0 Å². The maximum absolute atomic E-state index is 11.9. The van der Waals surface area contributed by atoms with E-state index >= 15 is 0 Å². The molecule has 1 aromatic rings. The van der Waals surface area contributed by atoms with Gasteiger partial charge in [-0.3, -0.25) is 4.79 Å². The largest absolute Gasteiger partial charge is 0.328 e. The Hall–Kier alpha value is -1.27. The third-order valence-electron chi connectivity index (χ3n) is 2.04. The van der Waals surface area contributed by atoms with Crippen molar-refractivity contribution in [3.05, 3.63) is 21.9 Å². The van der Waals surface area contributed by atoms with Crippen LogP contribution in [0.3, 0.4) is 0 Å². The number of thiophene rings is 1. The van der Waals surface area contributed by atoms with Crippen LogP contribution in [0.4, 0.5) is 0 Å². The smallest absolute Gasteiger partial charge is 0.255 e. The molecule has 74 valence electrons. The van der Waals surface area contributed by atoms with Crippen LogP contribution in [0.2, 0.25) is 0 Å². The Bertz CT molecular complexity index is 362. The summed E-state index contributed by atoms with van der Waals surface area (Å²) in [6, 6.07) is 0. The van der Waals surface area contributed by atoms with Gasteiger partial charge in [-0.15, -0.1) is 6.42 Å². The highest BCUT2D eigenvalue weighted by Gasteiger charge is 2.15. The zero-order chi connectivity index (χ0) is 10.6. The topological polar surface area (TPSA) is 20.3 Å². The number of hydrogen-bond donors (Lipinski definition) is 0. The minimum absolute atomic E-state index is 0.0317. The number of nitrogens with zero attached hydrogens (tertiary/aromatic N) is 1. The van der Waals surface area contributed by atoms with Crippen LogP contribution < -0.4 is 0 Å². The number of terminal acetylenes is 1. The fraction of sp³-hybridized carbons (Fsp3) is 0.364. The number of rotatable bonds is 3. The Labute approximate surface area is 88.5 Å². The van der Waals surface area contributed by atoms with E-state index in [0.29, 0.717) is 13.1 Å². The van der Waals surface area contributed by atoms with Crippen LogP contribution in [0, 0.1) is 19.3 Å². The molecule has 2 nitrogen and oxygen atoms in total. The molecule has 1 amide bonds. The summed E-state index contributed by atoms with van der Waals surface area (Å²) in [5.74, 6) is 2.52. The summed E-state index contributed by atoms with van der Waals surface area (Å²) < 4.78 is 0. The molecule has 3 heteroatoms. The molecule has 0 N–H and O–H groups in total. The van der Waals surface area contributed by atoms with E-state index in [4.69, 9.17) is 6.42 Å². The number of carbonyl (C=O) groups excluding carboxylic acids is 1. The molecule has 0 radical (unpaired) electrons. The van der Waals surface area contributed by atoms with E-state index in [0.717, 1.165) is 11.1 Å². The van der Waals surface area contributed by atoms with E-state index in [1.807, 2.05) is 24.6 Å². The Balaban J connectivity index is 2.84. The first kappa shape index (κ1) is 10.8. The molecule has 0 unspecified atom stereocenters. The van der Waals surface area contributed by atoms with E-state index in [1.165, 1.54) is 0 Å². The van der Waals surface area contributed by atoms with Crippen molar-refractivity contribution >= 4 is 17.2 Å². The number of aryl methyl sites for hydroxylation is 1. The lowest BCUT2D eigenvalue weighted by molar-refractivity contribution is 0.0785. The van der Waals surface area contributed by atoms with Crippen LogP contribution in [0.1, 0.15) is 22.8 Å². The van der Waals surface area contributed by atoms with Gasteiger partial charge in [0.15, 0.2) is 0 Å². The molecule has 1 heterocycles. The third-order valence-corrected chi connectivity index (χ3v) is 2.90. The predicted octanol–water partition coefficient (Wildman–Crippen LogP) is 2.15. The molecule has 0 aliphatic rings. The van der Waals surface area contributed by atoms with Gasteiger partial charge in [0.05, 0.1) is 12.1 Å². The summed E-state index contributed by atoms with van der Waals surface area (Å²) in [7, 11) is 0. The molecule has 0 fully saturated rings. The summed E-state index contributed by atoms with van der Waals surface area (Å²) >= 11 is 1.54. The molecule has 0 saturated carbocycles. The fourth-order valence-electron chi connectivity index (χ4n) is 1.19. The molecule has 0 bridgehead atoms. The number of hydrogen-bond acceptors (Lipinski definition) is 2. The van der Waals surface area contributed by atoms with Gasteiger partial charge in [0, 0.05) is 11.9 Å². The predicted molar refractivity (Wildman–Crippen MR) is 59.5 cm³/mol. The highest BCUT2D eigenvalue weighted by Crippen LogP contribution is 2.15. The molecule has 0 aliphatic heterocycles. The summed E-state index contributed by atoms with van der Waals surface area (Å²) in [4.78, 5) is 13.5. The van der Waals surface area contributed by atoms with Crippen molar-refractivity contribution in [3.63, 3.8) is 0 Å². The van der Waals surface area contributed by atoms with Crippen LogP contribution in [-0.4, -0.2) is 23.9 Å². The van der Waals surface area contributed by atoms with Crippen molar-refractivity contribution in [2.45, 2.75) is 13.8 Å². The average molecular weight is 207 g/mol. The lowest BCUT2D eigenvalue weighted by Gasteiger charge is -2.17. The molecule has 1 aromatic heterocycles. The zero-order valence-electron chi connectivity index (χ0n) is 8.41. The summed E-state index contributed by atoms with van der Waals surface area (Å²) in [5.41, 5.74) is 1.79. The van der Waals surface area contributed by atoms with Crippen LogP contribution in [0.5, 0.6) is 0 Å². The molecule has 0 aromatic carbocycles. The van der Waals surface area contributed by atoms with Gasteiger partial charge < -0.3 is 4.90 Å². The van der Waals surface area contributed by atoms with Crippen LogP contribution in [0.25, 0.3) is 0 Å². The second-order valence-corrected chi connectivity index (χ2v) is 3.74. The van der Waals surface area contributed by atoms with Crippen molar-refractivity contribution in [3.8, 4) is 12.3 Å². The Morgan fingerprint density at radius 3 is 2.79 bits per heavy atom. The molecule has 1 rings (SSSR count). The molecular weight excluding hydrogens is 194 g/mol. The van der Waals surface area contributed by atoms with Crippen molar-refractivity contribution in [1.82, 2.24) is 4.90 Å². The molecule has 0 saturated heterocycles. The Morgan fingerprint density at radius 1 is 1.64 bits per heavy atom. The fourth-order valence-corrected chi connectivity index (χ4v) is 2.01. The summed E-state index contributed by atoms with van der Waals surface area (Å²) in [5, 5.41) is 3.84. The minimum atomic E-state index is 0.0317. The first-order chi connectivity index (χ1) is 6.70. The summed E-state index contributed by atoms with van der Waals surface area (Å²) in [6.45, 7) is 4.90. The molecule has 0 atom stereocenters. The standard InChI is InChI=1S/C11H13NOS/c1-4-6-12(5-2)11(13)10-8-14-7-9(10)3/h1,7-8H,5-6H2,2-3H3. The van der Waals surface area contributed by atoms with Crippen molar-refractivity contribution < 1.29 is 4.79 Å². The normalized spacial score (nSPS) is 9.50. The van der Waals surface area contributed by atoms with E-state index in [1.54, 1.807) is 16.2 Å². The van der Waals surface area contributed by atoms with Gasteiger partial charge in [-0.2, -0.15) is 11.3 Å². The molecule has 14 heavy (non-hydrogen) atoms. The quantitative estimate of drug-likeness (QED) is 0.695. The highest BCUT2D eigenvalue weighted by molar-refractivity contribution is 7.08. The third kappa shape index (κ3) is 2.15. The van der Waals surface area contributed by atoms with E-state index in [2.05, 4.69) is 5.92 Å². The van der Waals surface area contributed by atoms with Crippen LogP contribution in [0.15, 0.2) is 10.8 Å². The van der Waals surface area contributed by atoms with Gasteiger partial charge in [-0.25, -0.2) is 0 Å². The number of carbonyl (C=O) groups is 1. The van der Waals surface area contributed by atoms with Crippen molar-refractivity contribution in [1.29, 1.82) is 0 Å². The minimum Gasteiger partial charge on any atom is -0.328 e. The molecule has 0 spiro atoms. The highest BCUT2D eigenvalue weighted by atomic mass is 32.1. The van der Waals surface area contributed by atoms with Gasteiger partial charge in [-0.1, -0.05) is 5.92 Å². The van der Waals surface area contributed by atoms with Gasteiger partial charge in [0.25, 0.3) is 5.91 Å². The van der Waals surface area contributed by atoms with Gasteiger partial charge in [0.2, 0.25) is 0 Å². The lowest BCUT2D eigenvalue weighted by atomic mass is 10.2. The zero-order valence-corrected chi connectivity index (χ0v) is 9.23. The second-order valence-electron chi connectivity index (χ2n) is 2.99. The van der Waals surface area contributed by atoms with Crippen LogP contribution >= 0.6 is 11.3 Å². The van der Waals surface area contributed by atoms with Crippen molar-refractivity contribution in [2.75, 3.05) is 13.1 Å². The van der Waals surface area contributed by atoms with E-state index < -0.39 is 0 Å². The second kappa shape index (κ2) is 4.83. The molecular formula is C11H13NOS. The van der Waals surface area contributed by atoms with Gasteiger partial charge in [0.1, 0.15) is 0 Å². The van der Waals surface area contributed by atoms with Gasteiger partial charge >= 0.3 is 0 Å².